The Balaban J connectivity index is 2.05. The molecule has 1 heterocycles. The molecule has 0 aliphatic rings. The Hall–Kier alpha value is -3.12. The summed E-state index contributed by atoms with van der Waals surface area (Å²) >= 11 is 5.91. The summed E-state index contributed by atoms with van der Waals surface area (Å²) in [7, 11) is 2.64. The number of carbonyl (C=O) groups excluding carboxylic acids is 1. The molecule has 0 radical (unpaired) electrons. The van der Waals surface area contributed by atoms with Gasteiger partial charge in [-0.3, -0.25) is 0 Å². The molecule has 0 spiro atoms. The number of aromatic nitrogens is 1. The fraction of sp³-hybridized carbons (Fsp3) is 0.105. The Bertz CT molecular complexity index is 948. The molecule has 132 valence electrons. The van der Waals surface area contributed by atoms with Crippen LogP contribution >= 0.6 is 11.6 Å². The predicted octanol–water partition coefficient (Wildman–Crippen LogP) is 4.19. The quantitative estimate of drug-likeness (QED) is 0.382. The van der Waals surface area contributed by atoms with Crippen LogP contribution in [0.1, 0.15) is 5.56 Å². The van der Waals surface area contributed by atoms with Gasteiger partial charge in [0.25, 0.3) is 0 Å². The molecule has 0 N–H and O–H groups in total. The van der Waals surface area contributed by atoms with E-state index in [2.05, 4.69) is 10.3 Å². The molecule has 0 aliphatic carbocycles. The number of hydrogen-bond acceptors (Lipinski definition) is 6. The molecule has 0 bridgehead atoms. The van der Waals surface area contributed by atoms with E-state index in [4.69, 9.17) is 25.7 Å². The average molecular weight is 371 g/mol. The van der Waals surface area contributed by atoms with Crippen molar-refractivity contribution in [2.24, 2.45) is 5.16 Å². The summed E-state index contributed by atoms with van der Waals surface area (Å²) in [4.78, 5) is 16.8. The number of hydrogen-bond donors (Lipinski definition) is 0. The van der Waals surface area contributed by atoms with Crippen LogP contribution in [0.25, 0.3) is 22.6 Å². The van der Waals surface area contributed by atoms with Crippen molar-refractivity contribution in [3.63, 3.8) is 0 Å². The van der Waals surface area contributed by atoms with Gasteiger partial charge in [0.05, 0.1) is 7.11 Å². The van der Waals surface area contributed by atoms with Crippen molar-refractivity contribution in [1.82, 2.24) is 5.16 Å². The van der Waals surface area contributed by atoms with Crippen LogP contribution in [0.5, 0.6) is 0 Å². The van der Waals surface area contributed by atoms with E-state index in [0.717, 1.165) is 5.56 Å². The molecule has 7 heteroatoms. The van der Waals surface area contributed by atoms with Gasteiger partial charge in [0, 0.05) is 27.8 Å². The summed E-state index contributed by atoms with van der Waals surface area (Å²) in [5, 5.41) is 8.55. The topological polar surface area (TPSA) is 73.9 Å². The molecule has 3 rings (SSSR count). The number of halogens is 1. The molecule has 3 aromatic rings. The predicted molar refractivity (Wildman–Crippen MR) is 97.9 cm³/mol. The number of oxime groups is 1. The molecule has 6 nitrogen and oxygen atoms in total. The van der Waals surface area contributed by atoms with Crippen LogP contribution in [-0.4, -0.2) is 31.1 Å². The summed E-state index contributed by atoms with van der Waals surface area (Å²) in [5.74, 6) is -0.0320. The zero-order valence-electron chi connectivity index (χ0n) is 14.1. The van der Waals surface area contributed by atoms with E-state index in [1.54, 1.807) is 30.3 Å². The van der Waals surface area contributed by atoms with E-state index in [0.29, 0.717) is 27.6 Å². The van der Waals surface area contributed by atoms with E-state index in [1.165, 1.54) is 14.2 Å². The van der Waals surface area contributed by atoms with Crippen molar-refractivity contribution >= 4 is 23.3 Å². The van der Waals surface area contributed by atoms with E-state index < -0.39 is 5.97 Å². The van der Waals surface area contributed by atoms with Crippen molar-refractivity contribution in [3.05, 3.63) is 65.2 Å². The van der Waals surface area contributed by atoms with E-state index in [9.17, 15) is 4.79 Å². The highest BCUT2D eigenvalue weighted by molar-refractivity contribution is 6.44. The third-order valence-electron chi connectivity index (χ3n) is 3.66. The van der Waals surface area contributed by atoms with Gasteiger partial charge in [-0.15, -0.1) is 0 Å². The fourth-order valence-electron chi connectivity index (χ4n) is 2.45. The molecule has 0 amide bonds. The standard InChI is InChI=1S/C19H15ClN2O4/c1-24-19(23)18(22-25-2)15-6-4-3-5-14(15)16-11-17(26-21-16)12-7-9-13(20)10-8-12/h3-11H,1-2H3. The minimum absolute atomic E-state index is 0.0432. The monoisotopic (exact) mass is 370 g/mol. The molecule has 0 aliphatic heterocycles. The lowest BCUT2D eigenvalue weighted by molar-refractivity contribution is -0.132. The van der Waals surface area contributed by atoms with Crippen LogP contribution in [0.2, 0.25) is 5.02 Å². The summed E-state index contributed by atoms with van der Waals surface area (Å²) in [5.41, 5.74) is 2.62. The van der Waals surface area contributed by atoms with Crippen LogP contribution < -0.4 is 0 Å². The van der Waals surface area contributed by atoms with Gasteiger partial charge < -0.3 is 14.1 Å². The Kier molecular flexibility index (Phi) is 5.34. The second-order valence-corrected chi connectivity index (χ2v) is 5.68. The highest BCUT2D eigenvalue weighted by atomic mass is 35.5. The zero-order valence-corrected chi connectivity index (χ0v) is 14.9. The minimum atomic E-state index is -0.610. The maximum Gasteiger partial charge on any atom is 0.360 e. The van der Waals surface area contributed by atoms with E-state index >= 15 is 0 Å². The first-order valence-corrected chi connectivity index (χ1v) is 8.03. The van der Waals surface area contributed by atoms with Gasteiger partial charge in [0.15, 0.2) is 11.5 Å². The fourth-order valence-corrected chi connectivity index (χ4v) is 2.58. The molecular weight excluding hydrogens is 356 g/mol. The first kappa shape index (κ1) is 17.7. The van der Waals surface area contributed by atoms with Crippen LogP contribution in [-0.2, 0) is 14.4 Å². The lowest BCUT2D eigenvalue weighted by Gasteiger charge is -2.07. The van der Waals surface area contributed by atoms with Crippen molar-refractivity contribution in [2.45, 2.75) is 0 Å². The lowest BCUT2D eigenvalue weighted by Crippen LogP contribution is -2.18. The Labute approximate surface area is 155 Å². The largest absolute Gasteiger partial charge is 0.464 e. The van der Waals surface area contributed by atoms with Gasteiger partial charge in [0.2, 0.25) is 0 Å². The minimum Gasteiger partial charge on any atom is -0.464 e. The highest BCUT2D eigenvalue weighted by Gasteiger charge is 2.21. The Morgan fingerprint density at radius 3 is 2.54 bits per heavy atom. The van der Waals surface area contributed by atoms with Crippen LogP contribution in [0.4, 0.5) is 0 Å². The number of nitrogens with zero attached hydrogens (tertiary/aromatic N) is 2. The maximum absolute atomic E-state index is 12.1. The van der Waals surface area contributed by atoms with Crippen LogP contribution in [0.15, 0.2) is 64.3 Å². The average Bonchev–Trinajstić information content (AvgIpc) is 3.16. The lowest BCUT2D eigenvalue weighted by atomic mass is 10.00. The molecule has 0 saturated carbocycles. The summed E-state index contributed by atoms with van der Waals surface area (Å²) < 4.78 is 10.2. The van der Waals surface area contributed by atoms with Crippen molar-refractivity contribution < 1.29 is 18.9 Å². The van der Waals surface area contributed by atoms with E-state index in [-0.39, 0.29) is 5.71 Å². The van der Waals surface area contributed by atoms with Gasteiger partial charge in [-0.2, -0.15) is 0 Å². The second kappa shape index (κ2) is 7.84. The summed E-state index contributed by atoms with van der Waals surface area (Å²) in [6, 6.07) is 16.2. The van der Waals surface area contributed by atoms with Gasteiger partial charge >= 0.3 is 5.97 Å². The number of esters is 1. The first-order chi connectivity index (χ1) is 12.6. The van der Waals surface area contributed by atoms with Crippen LogP contribution in [0, 0.1) is 0 Å². The number of benzene rings is 2. The van der Waals surface area contributed by atoms with E-state index in [1.807, 2.05) is 24.3 Å². The third-order valence-corrected chi connectivity index (χ3v) is 3.91. The summed E-state index contributed by atoms with van der Waals surface area (Å²) in [6.07, 6.45) is 0. The normalized spacial score (nSPS) is 11.3. The Morgan fingerprint density at radius 2 is 1.85 bits per heavy atom. The molecule has 2 aromatic carbocycles. The zero-order chi connectivity index (χ0) is 18.5. The molecule has 1 aromatic heterocycles. The smallest absolute Gasteiger partial charge is 0.360 e. The molecular formula is C19H15ClN2O4. The second-order valence-electron chi connectivity index (χ2n) is 5.24. The van der Waals surface area contributed by atoms with Gasteiger partial charge in [-0.25, -0.2) is 4.79 Å². The van der Waals surface area contributed by atoms with Gasteiger partial charge in [-0.1, -0.05) is 46.2 Å². The molecule has 0 saturated heterocycles. The first-order valence-electron chi connectivity index (χ1n) is 7.66. The van der Waals surface area contributed by atoms with Gasteiger partial charge in [-0.05, 0) is 24.3 Å². The van der Waals surface area contributed by atoms with Crippen LogP contribution in [0.3, 0.4) is 0 Å². The molecule has 0 fully saturated rings. The third kappa shape index (κ3) is 3.60. The molecule has 26 heavy (non-hydrogen) atoms. The van der Waals surface area contributed by atoms with Crippen molar-refractivity contribution in [1.29, 1.82) is 0 Å². The molecule has 0 atom stereocenters. The van der Waals surface area contributed by atoms with Crippen molar-refractivity contribution in [2.75, 3.05) is 14.2 Å². The maximum atomic E-state index is 12.1. The highest BCUT2D eigenvalue weighted by Crippen LogP contribution is 2.29. The van der Waals surface area contributed by atoms with Gasteiger partial charge in [0.1, 0.15) is 12.8 Å². The number of rotatable bonds is 5. The number of carbonyl (C=O) groups is 1. The summed E-state index contributed by atoms with van der Waals surface area (Å²) in [6.45, 7) is 0. The molecule has 0 unspecified atom stereocenters. The number of methoxy groups -OCH3 is 1. The van der Waals surface area contributed by atoms with Crippen molar-refractivity contribution in [3.8, 4) is 22.6 Å². The SMILES string of the molecule is CON=C(C(=O)OC)c1ccccc1-c1cc(-c2ccc(Cl)cc2)on1. The number of ether oxygens (including phenoxy) is 1. The Morgan fingerprint density at radius 1 is 1.12 bits per heavy atom.